The van der Waals surface area contributed by atoms with Crippen LogP contribution >= 0.6 is 0 Å². The minimum Gasteiger partial charge on any atom is -0.465 e. The summed E-state index contributed by atoms with van der Waals surface area (Å²) in [6.45, 7) is 1.46. The van der Waals surface area contributed by atoms with E-state index in [2.05, 4.69) is 30.8 Å². The number of hydrogen-bond donors (Lipinski definition) is 4. The molecule has 0 unspecified atom stereocenters. The second kappa shape index (κ2) is 13.9. The Morgan fingerprint density at radius 2 is 1.73 bits per heavy atom. The molecule has 3 amide bonds. The number of carboxylic acid groups (broad SMARTS) is 1. The fourth-order valence-electron chi connectivity index (χ4n) is 8.09. The summed E-state index contributed by atoms with van der Waals surface area (Å²) < 4.78 is 14.9. The lowest BCUT2D eigenvalue weighted by molar-refractivity contribution is -0.142. The molecule has 7 rings (SSSR count). The number of anilines is 1. The standard InChI is InChI=1S/C35H41FN8O5/c36-20-28(39-35(48)49)21-8-10-22(11-9-21)33(46)43-17-14-30(42-15-4-1-5-16-42)31(43)32(45)37-24-12-13-25-23(18-24)19-27(38-25)34(47)44-29-7-3-2-6-26(29)40-41-44/h2-3,6-7,12-13,18-19,21-22,28,30-31,38-39H,1,4-5,8-11,14-17,20H2,(H,37,45)(H,48,49)/t21-,22-,28-,30-,31+/m1/s1. The molecule has 4 N–H and O–H groups in total. The largest absolute Gasteiger partial charge is 0.465 e. The maximum atomic E-state index is 14.2. The molecule has 14 heteroatoms. The first kappa shape index (κ1) is 32.7. The number of alkyl halides is 1. The monoisotopic (exact) mass is 672 g/mol. The molecule has 4 heterocycles. The van der Waals surface area contributed by atoms with Gasteiger partial charge in [0.15, 0.2) is 0 Å². The minimum absolute atomic E-state index is 0.0639. The fraction of sp³-hybridized carbons (Fsp3) is 0.486. The Labute approximate surface area is 282 Å². The van der Waals surface area contributed by atoms with Gasteiger partial charge in [-0.1, -0.05) is 23.8 Å². The predicted octanol–water partition coefficient (Wildman–Crippen LogP) is 4.41. The van der Waals surface area contributed by atoms with E-state index in [4.69, 9.17) is 5.11 Å². The van der Waals surface area contributed by atoms with Crippen LogP contribution in [0.1, 0.15) is 61.9 Å². The van der Waals surface area contributed by atoms with E-state index in [0.717, 1.165) is 43.3 Å². The Hall–Kier alpha value is -4.85. The number of rotatable bonds is 8. The molecule has 0 spiro atoms. The summed E-state index contributed by atoms with van der Waals surface area (Å²) in [6, 6.07) is 12.8. The van der Waals surface area contributed by atoms with Crippen LogP contribution in [0.2, 0.25) is 0 Å². The number of nitrogens with zero attached hydrogens (tertiary/aromatic N) is 5. The molecule has 4 aromatic rings. The SMILES string of the molecule is O=C(O)N[C@H](CF)[C@H]1CC[C@H](C(=O)N2CC[C@@H](N3CCCCC3)[C@H]2C(=O)Nc2ccc3[nH]c(C(=O)n4nnc5ccccc54)cc3c2)CC1. The zero-order valence-electron chi connectivity index (χ0n) is 27.2. The van der Waals surface area contributed by atoms with E-state index < -0.39 is 24.9 Å². The molecule has 1 saturated carbocycles. The molecule has 2 aliphatic heterocycles. The Balaban J connectivity index is 1.08. The van der Waals surface area contributed by atoms with Crippen molar-refractivity contribution in [1.82, 2.24) is 35.1 Å². The minimum atomic E-state index is -1.25. The number of halogens is 1. The second-order valence-corrected chi connectivity index (χ2v) is 13.5. The molecule has 1 aliphatic carbocycles. The van der Waals surface area contributed by atoms with Crippen LogP contribution in [0.4, 0.5) is 14.9 Å². The van der Waals surface area contributed by atoms with Gasteiger partial charge in [-0.3, -0.25) is 19.3 Å². The molecule has 13 nitrogen and oxygen atoms in total. The topological polar surface area (TPSA) is 166 Å². The number of fused-ring (bicyclic) bond motifs is 2. The number of benzene rings is 2. The second-order valence-electron chi connectivity index (χ2n) is 13.5. The van der Waals surface area contributed by atoms with Crippen molar-refractivity contribution in [3.05, 3.63) is 54.2 Å². The van der Waals surface area contributed by atoms with E-state index in [-0.39, 0.29) is 35.6 Å². The lowest BCUT2D eigenvalue weighted by Crippen LogP contribution is -2.55. The Kier molecular flexibility index (Phi) is 9.30. The smallest absolute Gasteiger partial charge is 0.404 e. The summed E-state index contributed by atoms with van der Waals surface area (Å²) in [6.07, 6.45) is 4.84. The molecule has 3 atom stereocenters. The van der Waals surface area contributed by atoms with Crippen LogP contribution in [0, 0.1) is 11.8 Å². The van der Waals surface area contributed by atoms with E-state index in [1.165, 1.54) is 4.68 Å². The third-order valence-corrected chi connectivity index (χ3v) is 10.6. The zero-order chi connectivity index (χ0) is 34.1. The van der Waals surface area contributed by atoms with Gasteiger partial charge >= 0.3 is 6.09 Å². The van der Waals surface area contributed by atoms with Crippen molar-refractivity contribution < 1.29 is 28.7 Å². The molecular weight excluding hydrogens is 631 g/mol. The van der Waals surface area contributed by atoms with Gasteiger partial charge in [0.2, 0.25) is 11.8 Å². The van der Waals surface area contributed by atoms with E-state index in [1.54, 1.807) is 29.2 Å². The van der Waals surface area contributed by atoms with Crippen molar-refractivity contribution in [3.63, 3.8) is 0 Å². The first-order chi connectivity index (χ1) is 23.8. The highest BCUT2D eigenvalue weighted by Gasteiger charge is 2.46. The van der Waals surface area contributed by atoms with Crippen molar-refractivity contribution in [2.45, 2.75) is 69.5 Å². The summed E-state index contributed by atoms with van der Waals surface area (Å²) in [7, 11) is 0. The number of piperidine rings is 1. The number of carbonyl (C=O) groups excluding carboxylic acids is 3. The molecule has 258 valence electrons. The van der Waals surface area contributed by atoms with Gasteiger partial charge < -0.3 is 25.6 Å². The van der Waals surface area contributed by atoms with Gasteiger partial charge in [-0.05, 0) is 100 Å². The Bertz CT molecular complexity index is 1860. The van der Waals surface area contributed by atoms with E-state index in [1.807, 2.05) is 24.3 Å². The number of amides is 3. The van der Waals surface area contributed by atoms with Gasteiger partial charge in [0, 0.05) is 35.1 Å². The number of H-pyrrole nitrogens is 1. The highest BCUT2D eigenvalue weighted by Crippen LogP contribution is 2.35. The van der Waals surface area contributed by atoms with E-state index in [0.29, 0.717) is 61.1 Å². The molecule has 2 aromatic heterocycles. The molecule has 3 fully saturated rings. The third kappa shape index (κ3) is 6.61. The molecular formula is C35H41FN8O5. The highest BCUT2D eigenvalue weighted by molar-refractivity contribution is 6.04. The summed E-state index contributed by atoms with van der Waals surface area (Å²) in [5.74, 6) is -1.14. The van der Waals surface area contributed by atoms with Crippen LogP contribution < -0.4 is 10.6 Å². The first-order valence-corrected chi connectivity index (χ1v) is 17.2. The number of likely N-dealkylation sites (tertiary alicyclic amines) is 2. The summed E-state index contributed by atoms with van der Waals surface area (Å²) in [5.41, 5.74) is 2.83. The maximum absolute atomic E-state index is 14.2. The Morgan fingerprint density at radius 1 is 0.959 bits per heavy atom. The highest BCUT2D eigenvalue weighted by atomic mass is 19.1. The van der Waals surface area contributed by atoms with Crippen molar-refractivity contribution in [2.75, 3.05) is 31.6 Å². The fourth-order valence-corrected chi connectivity index (χ4v) is 8.09. The average Bonchev–Trinajstić information content (AvgIpc) is 3.87. The predicted molar refractivity (Wildman–Crippen MR) is 180 cm³/mol. The van der Waals surface area contributed by atoms with Gasteiger partial charge in [-0.25, -0.2) is 9.18 Å². The number of nitrogens with one attached hydrogen (secondary N) is 3. The molecule has 0 bridgehead atoms. The van der Waals surface area contributed by atoms with Crippen LogP contribution in [-0.4, -0.2) is 103 Å². The third-order valence-electron chi connectivity index (χ3n) is 10.6. The van der Waals surface area contributed by atoms with Gasteiger partial charge in [0.1, 0.15) is 23.9 Å². The van der Waals surface area contributed by atoms with Gasteiger partial charge in [-0.15, -0.1) is 5.10 Å². The molecule has 0 radical (unpaired) electrons. The van der Waals surface area contributed by atoms with E-state index in [9.17, 15) is 23.6 Å². The summed E-state index contributed by atoms with van der Waals surface area (Å²) in [5, 5.41) is 23.3. The van der Waals surface area contributed by atoms with Crippen molar-refractivity contribution >= 4 is 51.4 Å². The quantitative estimate of drug-likeness (QED) is 0.214. The number of aromatic amines is 1. The van der Waals surface area contributed by atoms with Crippen LogP contribution in [0.25, 0.3) is 21.9 Å². The van der Waals surface area contributed by atoms with Crippen molar-refractivity contribution in [1.29, 1.82) is 0 Å². The van der Waals surface area contributed by atoms with Gasteiger partial charge in [0.25, 0.3) is 5.91 Å². The van der Waals surface area contributed by atoms with Crippen LogP contribution in [-0.2, 0) is 9.59 Å². The van der Waals surface area contributed by atoms with Gasteiger partial charge in [-0.2, -0.15) is 4.68 Å². The number of carbonyl (C=O) groups is 4. The Morgan fingerprint density at radius 3 is 2.49 bits per heavy atom. The molecule has 2 saturated heterocycles. The molecule has 2 aromatic carbocycles. The van der Waals surface area contributed by atoms with Crippen molar-refractivity contribution in [2.24, 2.45) is 11.8 Å². The molecule has 3 aliphatic rings. The number of para-hydroxylation sites is 1. The van der Waals surface area contributed by atoms with Gasteiger partial charge in [0.05, 0.1) is 11.6 Å². The van der Waals surface area contributed by atoms with Crippen LogP contribution in [0.5, 0.6) is 0 Å². The van der Waals surface area contributed by atoms with Crippen LogP contribution in [0.3, 0.4) is 0 Å². The van der Waals surface area contributed by atoms with Crippen LogP contribution in [0.15, 0.2) is 48.5 Å². The lowest BCUT2D eigenvalue weighted by Gasteiger charge is -2.38. The average molecular weight is 673 g/mol. The summed E-state index contributed by atoms with van der Waals surface area (Å²) in [4.78, 5) is 59.9. The maximum Gasteiger partial charge on any atom is 0.404 e. The lowest BCUT2D eigenvalue weighted by atomic mass is 9.78. The molecule has 49 heavy (non-hydrogen) atoms. The van der Waals surface area contributed by atoms with E-state index >= 15 is 0 Å². The number of hydrogen-bond acceptors (Lipinski definition) is 7. The zero-order valence-corrected chi connectivity index (χ0v) is 27.2. The first-order valence-electron chi connectivity index (χ1n) is 17.2. The number of aromatic nitrogens is 4. The summed E-state index contributed by atoms with van der Waals surface area (Å²) >= 11 is 0. The van der Waals surface area contributed by atoms with Crippen molar-refractivity contribution in [3.8, 4) is 0 Å². The normalized spacial score (nSPS) is 23.8.